The van der Waals surface area contributed by atoms with Gasteiger partial charge in [-0.05, 0) is 38.1 Å². The van der Waals surface area contributed by atoms with Gasteiger partial charge < -0.3 is 5.73 Å². The van der Waals surface area contributed by atoms with E-state index in [-0.39, 0.29) is 12.0 Å². The molecule has 1 rings (SSSR count). The summed E-state index contributed by atoms with van der Waals surface area (Å²) in [6.07, 6.45) is -1.13. The number of nitrogens with zero attached hydrogens (tertiary/aromatic N) is 1. The van der Waals surface area contributed by atoms with Crippen LogP contribution in [-0.4, -0.2) is 37.3 Å². The molecule has 2 nitrogen and oxygen atoms in total. The maximum absolute atomic E-state index is 12.2. The molecule has 5 heteroatoms. The van der Waals surface area contributed by atoms with Crippen LogP contribution in [0.1, 0.15) is 26.2 Å². The highest BCUT2D eigenvalue weighted by atomic mass is 19.4. The Morgan fingerprint density at radius 3 is 2.50 bits per heavy atom. The highest BCUT2D eigenvalue weighted by Crippen LogP contribution is 2.28. The molecule has 0 amide bonds. The van der Waals surface area contributed by atoms with Crippen LogP contribution in [0.2, 0.25) is 0 Å². The zero-order valence-corrected chi connectivity index (χ0v) is 9.93. The molecule has 2 N–H and O–H groups in total. The van der Waals surface area contributed by atoms with Gasteiger partial charge in [-0.3, -0.25) is 4.90 Å². The van der Waals surface area contributed by atoms with Gasteiger partial charge in [0, 0.05) is 12.6 Å². The lowest BCUT2D eigenvalue weighted by molar-refractivity contribution is -0.144. The average molecular weight is 238 g/mol. The van der Waals surface area contributed by atoms with E-state index in [2.05, 4.69) is 6.92 Å². The van der Waals surface area contributed by atoms with Crippen molar-refractivity contribution >= 4 is 0 Å². The smallest absolute Gasteiger partial charge is 0.327 e. The second-order valence-corrected chi connectivity index (χ2v) is 5.15. The highest BCUT2D eigenvalue weighted by molar-refractivity contribution is 4.83. The third kappa shape index (κ3) is 4.70. The normalized spacial score (nSPS) is 32.1. The molecule has 96 valence electrons. The summed E-state index contributed by atoms with van der Waals surface area (Å²) in [7, 11) is 1.51. The summed E-state index contributed by atoms with van der Waals surface area (Å²) >= 11 is 0. The van der Waals surface area contributed by atoms with Gasteiger partial charge >= 0.3 is 6.18 Å². The first-order valence-electron chi connectivity index (χ1n) is 5.79. The molecule has 1 fully saturated rings. The summed E-state index contributed by atoms with van der Waals surface area (Å²) in [4.78, 5) is 1.34. The second kappa shape index (κ2) is 5.36. The molecule has 0 aromatic carbocycles. The van der Waals surface area contributed by atoms with Gasteiger partial charge in [0.2, 0.25) is 0 Å². The average Bonchev–Trinajstić information content (AvgIpc) is 2.08. The molecule has 1 aliphatic rings. The summed E-state index contributed by atoms with van der Waals surface area (Å²) in [5.74, 6) is 0.792. The van der Waals surface area contributed by atoms with Crippen molar-refractivity contribution in [1.29, 1.82) is 0 Å². The third-order valence-corrected chi connectivity index (χ3v) is 3.30. The number of hydrogen-bond acceptors (Lipinski definition) is 2. The van der Waals surface area contributed by atoms with Crippen molar-refractivity contribution in [1.82, 2.24) is 4.90 Å². The Labute approximate surface area is 95.0 Å². The maximum Gasteiger partial charge on any atom is 0.401 e. The van der Waals surface area contributed by atoms with E-state index in [1.165, 1.54) is 11.9 Å². The van der Waals surface area contributed by atoms with Gasteiger partial charge in [-0.15, -0.1) is 0 Å². The summed E-state index contributed by atoms with van der Waals surface area (Å²) in [6.45, 7) is 1.75. The molecule has 1 aliphatic carbocycles. The van der Waals surface area contributed by atoms with Gasteiger partial charge in [0.1, 0.15) is 0 Å². The van der Waals surface area contributed by atoms with Gasteiger partial charge in [-0.2, -0.15) is 13.2 Å². The van der Waals surface area contributed by atoms with Crippen molar-refractivity contribution in [2.24, 2.45) is 17.6 Å². The molecule has 16 heavy (non-hydrogen) atoms. The van der Waals surface area contributed by atoms with E-state index < -0.39 is 12.7 Å². The van der Waals surface area contributed by atoms with E-state index >= 15 is 0 Å². The molecule has 0 bridgehead atoms. The van der Waals surface area contributed by atoms with E-state index in [1.54, 1.807) is 0 Å². The third-order valence-electron chi connectivity index (χ3n) is 3.30. The number of hydrogen-bond donors (Lipinski definition) is 1. The predicted molar refractivity (Wildman–Crippen MR) is 58.0 cm³/mol. The van der Waals surface area contributed by atoms with Crippen LogP contribution in [0.3, 0.4) is 0 Å². The van der Waals surface area contributed by atoms with Crippen LogP contribution < -0.4 is 5.73 Å². The summed E-state index contributed by atoms with van der Waals surface area (Å²) in [5.41, 5.74) is 5.95. The molecule has 3 atom stereocenters. The van der Waals surface area contributed by atoms with Gasteiger partial charge in [0.25, 0.3) is 0 Å². The standard InChI is InChI=1S/C11H21F3N2/c1-8-3-4-10(15)9(5-8)6-16(2)7-11(12,13)14/h8-10H,3-7,15H2,1-2H3. The Morgan fingerprint density at radius 2 is 1.94 bits per heavy atom. The minimum Gasteiger partial charge on any atom is -0.327 e. The minimum atomic E-state index is -4.11. The first-order chi connectivity index (χ1) is 7.28. The molecule has 0 heterocycles. The molecule has 0 aromatic heterocycles. The first-order valence-corrected chi connectivity index (χ1v) is 5.79. The second-order valence-electron chi connectivity index (χ2n) is 5.15. The number of nitrogens with two attached hydrogens (primary N) is 1. The monoisotopic (exact) mass is 238 g/mol. The van der Waals surface area contributed by atoms with E-state index in [0.29, 0.717) is 12.5 Å². The lowest BCUT2D eigenvalue weighted by Gasteiger charge is -2.35. The topological polar surface area (TPSA) is 29.3 Å². The fourth-order valence-corrected chi connectivity index (χ4v) is 2.50. The Kier molecular flexibility index (Phi) is 4.62. The van der Waals surface area contributed by atoms with Crippen molar-refractivity contribution in [3.05, 3.63) is 0 Å². The Bertz CT molecular complexity index is 218. The predicted octanol–water partition coefficient (Wildman–Crippen LogP) is 2.24. The van der Waals surface area contributed by atoms with Gasteiger partial charge in [0.05, 0.1) is 6.54 Å². The summed E-state index contributed by atoms with van der Waals surface area (Å²) in [5, 5.41) is 0. The van der Waals surface area contributed by atoms with Gasteiger partial charge in [-0.1, -0.05) is 6.92 Å². The molecule has 0 spiro atoms. The summed E-state index contributed by atoms with van der Waals surface area (Å²) < 4.78 is 36.5. The van der Waals surface area contributed by atoms with Crippen LogP contribution in [0.5, 0.6) is 0 Å². The van der Waals surface area contributed by atoms with Crippen LogP contribution in [0.25, 0.3) is 0 Å². The minimum absolute atomic E-state index is 0.0619. The number of rotatable bonds is 3. The molecule has 1 saturated carbocycles. The first kappa shape index (κ1) is 13.8. The van der Waals surface area contributed by atoms with Crippen molar-refractivity contribution in [2.45, 2.75) is 38.4 Å². The van der Waals surface area contributed by atoms with Crippen LogP contribution in [0.15, 0.2) is 0 Å². The maximum atomic E-state index is 12.2. The SMILES string of the molecule is CC1CCC(N)C(CN(C)CC(F)(F)F)C1. The van der Waals surface area contributed by atoms with Crippen molar-refractivity contribution in [2.75, 3.05) is 20.1 Å². The number of alkyl halides is 3. The van der Waals surface area contributed by atoms with Gasteiger partial charge in [0.15, 0.2) is 0 Å². The number of halogens is 3. The zero-order valence-electron chi connectivity index (χ0n) is 9.93. The lowest BCUT2D eigenvalue weighted by Crippen LogP contribution is -2.43. The Balaban J connectivity index is 2.40. The van der Waals surface area contributed by atoms with Crippen molar-refractivity contribution in [3.63, 3.8) is 0 Å². The Morgan fingerprint density at radius 1 is 1.31 bits per heavy atom. The van der Waals surface area contributed by atoms with Crippen LogP contribution in [0.4, 0.5) is 13.2 Å². The fourth-order valence-electron chi connectivity index (χ4n) is 2.50. The van der Waals surface area contributed by atoms with E-state index in [4.69, 9.17) is 5.73 Å². The quantitative estimate of drug-likeness (QED) is 0.817. The lowest BCUT2D eigenvalue weighted by atomic mass is 9.79. The van der Waals surface area contributed by atoms with E-state index in [9.17, 15) is 13.2 Å². The van der Waals surface area contributed by atoms with Crippen LogP contribution in [0, 0.1) is 11.8 Å². The molecular formula is C11H21F3N2. The van der Waals surface area contributed by atoms with Crippen LogP contribution >= 0.6 is 0 Å². The molecule has 0 aliphatic heterocycles. The molecule has 0 saturated heterocycles. The fraction of sp³-hybridized carbons (Fsp3) is 1.00. The van der Waals surface area contributed by atoms with Gasteiger partial charge in [-0.25, -0.2) is 0 Å². The van der Waals surface area contributed by atoms with E-state index in [0.717, 1.165) is 19.3 Å². The molecule has 0 radical (unpaired) electrons. The summed E-state index contributed by atoms with van der Waals surface area (Å²) in [6, 6.07) is 0.0619. The zero-order chi connectivity index (χ0) is 12.3. The molecule has 3 unspecified atom stereocenters. The van der Waals surface area contributed by atoms with Crippen molar-refractivity contribution in [3.8, 4) is 0 Å². The van der Waals surface area contributed by atoms with Crippen LogP contribution in [-0.2, 0) is 0 Å². The van der Waals surface area contributed by atoms with E-state index in [1.807, 2.05) is 0 Å². The molecular weight excluding hydrogens is 217 g/mol. The van der Waals surface area contributed by atoms with Crippen molar-refractivity contribution < 1.29 is 13.2 Å². The molecule has 0 aromatic rings. The Hall–Kier alpha value is -0.290. The highest BCUT2D eigenvalue weighted by Gasteiger charge is 2.32. The largest absolute Gasteiger partial charge is 0.401 e.